The van der Waals surface area contributed by atoms with E-state index in [9.17, 15) is 4.79 Å². The highest BCUT2D eigenvalue weighted by molar-refractivity contribution is 6.28. The van der Waals surface area contributed by atoms with Gasteiger partial charge in [-0.1, -0.05) is 6.92 Å². The van der Waals surface area contributed by atoms with Crippen molar-refractivity contribution in [2.75, 3.05) is 11.9 Å². The van der Waals surface area contributed by atoms with Crippen LogP contribution in [-0.4, -0.2) is 22.4 Å². The van der Waals surface area contributed by atoms with Gasteiger partial charge in [-0.3, -0.25) is 4.79 Å². The molecular formula is C10H15ClN4O. The molecule has 0 radical (unpaired) electrons. The predicted octanol–water partition coefficient (Wildman–Crippen LogP) is 1.44. The Morgan fingerprint density at radius 2 is 2.38 bits per heavy atom. The summed E-state index contributed by atoms with van der Waals surface area (Å²) in [5.74, 6) is 0.227. The second-order valence-electron chi connectivity index (χ2n) is 3.78. The fourth-order valence-corrected chi connectivity index (χ4v) is 1.22. The molecule has 1 heterocycles. The third-order valence-corrected chi connectivity index (χ3v) is 2.83. The summed E-state index contributed by atoms with van der Waals surface area (Å²) < 4.78 is 0. The Kier molecular flexibility index (Phi) is 4.20. The van der Waals surface area contributed by atoms with Crippen molar-refractivity contribution in [2.24, 2.45) is 11.1 Å². The molecule has 0 saturated heterocycles. The van der Waals surface area contributed by atoms with Crippen LogP contribution >= 0.6 is 11.6 Å². The van der Waals surface area contributed by atoms with E-state index in [1.54, 1.807) is 6.07 Å². The third-order valence-electron chi connectivity index (χ3n) is 2.65. The Bertz CT molecular complexity index is 379. The molecule has 0 fully saturated rings. The highest BCUT2D eigenvalue weighted by Crippen LogP contribution is 2.21. The van der Waals surface area contributed by atoms with Crippen molar-refractivity contribution in [1.29, 1.82) is 0 Å². The second-order valence-corrected chi connectivity index (χ2v) is 4.12. The van der Waals surface area contributed by atoms with Crippen molar-refractivity contribution in [3.8, 4) is 0 Å². The highest BCUT2D eigenvalue weighted by Gasteiger charge is 2.29. The molecule has 1 unspecified atom stereocenters. The van der Waals surface area contributed by atoms with Crippen molar-refractivity contribution in [3.63, 3.8) is 0 Å². The number of nitrogens with one attached hydrogen (secondary N) is 1. The minimum Gasteiger partial charge on any atom is -0.329 e. The molecule has 1 rings (SSSR count). The quantitative estimate of drug-likeness (QED) is 0.783. The summed E-state index contributed by atoms with van der Waals surface area (Å²) in [4.78, 5) is 19.5. The van der Waals surface area contributed by atoms with Crippen LogP contribution in [-0.2, 0) is 4.79 Å². The molecule has 0 aromatic carbocycles. The Morgan fingerprint density at radius 1 is 1.69 bits per heavy atom. The van der Waals surface area contributed by atoms with Gasteiger partial charge >= 0.3 is 0 Å². The van der Waals surface area contributed by atoms with E-state index < -0.39 is 5.41 Å². The maximum atomic E-state index is 11.9. The second kappa shape index (κ2) is 5.23. The molecule has 0 aliphatic carbocycles. The molecular weight excluding hydrogens is 228 g/mol. The van der Waals surface area contributed by atoms with E-state index in [0.29, 0.717) is 12.2 Å². The van der Waals surface area contributed by atoms with Crippen LogP contribution in [0.2, 0.25) is 5.28 Å². The lowest BCUT2D eigenvalue weighted by Gasteiger charge is -2.24. The Hall–Kier alpha value is -1.20. The van der Waals surface area contributed by atoms with E-state index >= 15 is 0 Å². The van der Waals surface area contributed by atoms with Gasteiger partial charge in [-0.15, -0.1) is 0 Å². The molecule has 1 amide bonds. The summed E-state index contributed by atoms with van der Waals surface area (Å²) in [7, 11) is 0. The van der Waals surface area contributed by atoms with E-state index in [-0.39, 0.29) is 17.7 Å². The zero-order valence-corrected chi connectivity index (χ0v) is 10.1. The fourth-order valence-electron chi connectivity index (χ4n) is 1.07. The standard InChI is InChI=1S/C10H15ClN4O/c1-3-10(2,6-12)8(16)14-7-4-5-13-9(11)15-7/h4-5H,3,6,12H2,1-2H3,(H,13,14,15,16). The minimum absolute atomic E-state index is 0.101. The first-order valence-electron chi connectivity index (χ1n) is 5.02. The first-order valence-corrected chi connectivity index (χ1v) is 5.39. The number of carbonyl (C=O) groups is 1. The smallest absolute Gasteiger partial charge is 0.232 e. The van der Waals surface area contributed by atoms with Crippen LogP contribution in [0, 0.1) is 5.41 Å². The summed E-state index contributed by atoms with van der Waals surface area (Å²) in [6.07, 6.45) is 2.14. The van der Waals surface area contributed by atoms with Gasteiger partial charge in [0.05, 0.1) is 5.41 Å². The maximum Gasteiger partial charge on any atom is 0.232 e. The first kappa shape index (κ1) is 12.9. The molecule has 0 aliphatic heterocycles. The lowest BCUT2D eigenvalue weighted by atomic mass is 9.87. The zero-order chi connectivity index (χ0) is 12.2. The van der Waals surface area contributed by atoms with Gasteiger partial charge in [0.15, 0.2) is 0 Å². The van der Waals surface area contributed by atoms with Crippen LogP contribution in [0.25, 0.3) is 0 Å². The Morgan fingerprint density at radius 3 is 2.88 bits per heavy atom. The van der Waals surface area contributed by atoms with Crippen LogP contribution in [0.5, 0.6) is 0 Å². The molecule has 0 spiro atoms. The Balaban J connectivity index is 2.78. The third kappa shape index (κ3) is 2.90. The van der Waals surface area contributed by atoms with Gasteiger partial charge in [-0.25, -0.2) is 9.97 Å². The zero-order valence-electron chi connectivity index (χ0n) is 9.33. The molecule has 88 valence electrons. The van der Waals surface area contributed by atoms with Gasteiger partial charge in [-0.05, 0) is 31.0 Å². The molecule has 3 N–H and O–H groups in total. The molecule has 1 atom stereocenters. The number of aromatic nitrogens is 2. The van der Waals surface area contributed by atoms with Crippen LogP contribution in [0.1, 0.15) is 20.3 Å². The fraction of sp³-hybridized carbons (Fsp3) is 0.500. The van der Waals surface area contributed by atoms with E-state index in [1.165, 1.54) is 6.20 Å². The number of anilines is 1. The lowest BCUT2D eigenvalue weighted by molar-refractivity contribution is -0.124. The van der Waals surface area contributed by atoms with Gasteiger partial charge in [0, 0.05) is 12.7 Å². The molecule has 6 heteroatoms. The SMILES string of the molecule is CCC(C)(CN)C(=O)Nc1ccnc(Cl)n1. The predicted molar refractivity (Wildman–Crippen MR) is 63.1 cm³/mol. The molecule has 1 aromatic heterocycles. The van der Waals surface area contributed by atoms with Crippen molar-refractivity contribution in [2.45, 2.75) is 20.3 Å². The number of hydrogen-bond acceptors (Lipinski definition) is 4. The van der Waals surface area contributed by atoms with Gasteiger partial charge < -0.3 is 11.1 Å². The highest BCUT2D eigenvalue weighted by atomic mass is 35.5. The molecule has 1 aromatic rings. The van der Waals surface area contributed by atoms with Crippen molar-refractivity contribution in [1.82, 2.24) is 9.97 Å². The first-order chi connectivity index (χ1) is 7.51. The average molecular weight is 243 g/mol. The van der Waals surface area contributed by atoms with Crippen LogP contribution in [0.3, 0.4) is 0 Å². The number of nitrogens with zero attached hydrogens (tertiary/aromatic N) is 2. The van der Waals surface area contributed by atoms with E-state index in [1.807, 2.05) is 13.8 Å². The monoisotopic (exact) mass is 242 g/mol. The summed E-state index contributed by atoms with van der Waals surface area (Å²) in [6.45, 7) is 4.01. The Labute approximate surface area is 99.4 Å². The number of nitrogens with two attached hydrogens (primary N) is 1. The van der Waals surface area contributed by atoms with Crippen LogP contribution in [0.4, 0.5) is 5.82 Å². The lowest BCUT2D eigenvalue weighted by Crippen LogP contribution is -2.39. The number of carbonyl (C=O) groups excluding carboxylic acids is 1. The van der Waals surface area contributed by atoms with E-state index in [4.69, 9.17) is 17.3 Å². The molecule has 0 saturated carbocycles. The topological polar surface area (TPSA) is 80.9 Å². The van der Waals surface area contributed by atoms with Crippen molar-refractivity contribution in [3.05, 3.63) is 17.5 Å². The summed E-state index contributed by atoms with van der Waals surface area (Å²) in [5, 5.41) is 2.77. The summed E-state index contributed by atoms with van der Waals surface area (Å²) >= 11 is 5.61. The number of hydrogen-bond donors (Lipinski definition) is 2. The van der Waals surface area contributed by atoms with E-state index in [2.05, 4.69) is 15.3 Å². The van der Waals surface area contributed by atoms with Crippen LogP contribution in [0.15, 0.2) is 12.3 Å². The maximum absolute atomic E-state index is 11.9. The van der Waals surface area contributed by atoms with Gasteiger partial charge in [0.1, 0.15) is 5.82 Å². The molecule has 0 bridgehead atoms. The van der Waals surface area contributed by atoms with Crippen molar-refractivity contribution < 1.29 is 4.79 Å². The normalized spacial score (nSPS) is 14.2. The average Bonchev–Trinajstić information content (AvgIpc) is 2.28. The van der Waals surface area contributed by atoms with Gasteiger partial charge in [0.25, 0.3) is 0 Å². The molecule has 0 aliphatic rings. The van der Waals surface area contributed by atoms with E-state index in [0.717, 1.165) is 0 Å². The van der Waals surface area contributed by atoms with Gasteiger partial charge in [0.2, 0.25) is 11.2 Å². The summed E-state index contributed by atoms with van der Waals surface area (Å²) in [5.41, 5.74) is 5.00. The van der Waals surface area contributed by atoms with Gasteiger partial charge in [-0.2, -0.15) is 0 Å². The number of halogens is 1. The number of rotatable bonds is 4. The molecule has 5 nitrogen and oxygen atoms in total. The number of amides is 1. The minimum atomic E-state index is -0.586. The van der Waals surface area contributed by atoms with Crippen LogP contribution < -0.4 is 11.1 Å². The molecule has 16 heavy (non-hydrogen) atoms. The summed E-state index contributed by atoms with van der Waals surface area (Å²) in [6, 6.07) is 1.58. The van der Waals surface area contributed by atoms with Crippen molar-refractivity contribution >= 4 is 23.3 Å². The largest absolute Gasteiger partial charge is 0.329 e.